The second-order valence-electron chi connectivity index (χ2n) is 4.80. The largest absolute Gasteiger partial charge is 0.481 e. The van der Waals surface area contributed by atoms with Crippen molar-refractivity contribution in [1.82, 2.24) is 10.2 Å². The molecule has 1 amide bonds. The van der Waals surface area contributed by atoms with Gasteiger partial charge in [-0.1, -0.05) is 0 Å². The summed E-state index contributed by atoms with van der Waals surface area (Å²) in [4.78, 5) is 23.5. The molecule has 0 aromatic heterocycles. The molecule has 0 spiro atoms. The lowest BCUT2D eigenvalue weighted by atomic mass is 10.0. The van der Waals surface area contributed by atoms with E-state index < -0.39 is 30.7 Å². The Balaban J connectivity index is 2.39. The number of amides is 1. The highest BCUT2D eigenvalue weighted by Gasteiger charge is 2.45. The maximum absolute atomic E-state index is 12.5. The highest BCUT2D eigenvalue weighted by Crippen LogP contribution is 2.26. The van der Waals surface area contributed by atoms with E-state index in [9.17, 15) is 22.8 Å². The van der Waals surface area contributed by atoms with Crippen molar-refractivity contribution in [2.75, 3.05) is 26.2 Å². The van der Waals surface area contributed by atoms with Crippen LogP contribution in [0.25, 0.3) is 0 Å². The molecule has 1 aliphatic heterocycles. The van der Waals surface area contributed by atoms with Crippen LogP contribution in [0.2, 0.25) is 0 Å². The predicted molar refractivity (Wildman–Crippen MR) is 66.8 cm³/mol. The number of carboxylic acids is 1. The Morgan fingerprint density at radius 1 is 1.38 bits per heavy atom. The van der Waals surface area contributed by atoms with Gasteiger partial charge in [0.25, 0.3) is 0 Å². The zero-order chi connectivity index (χ0) is 16.0. The number of alkyl halides is 3. The normalized spacial score (nSPS) is 18.4. The average Bonchev–Trinajstić information content (AvgIpc) is 2.38. The minimum Gasteiger partial charge on any atom is -0.481 e. The van der Waals surface area contributed by atoms with Gasteiger partial charge in [-0.2, -0.15) is 13.2 Å². The first kappa shape index (κ1) is 17.5. The van der Waals surface area contributed by atoms with Gasteiger partial charge in [-0.15, -0.1) is 0 Å². The van der Waals surface area contributed by atoms with E-state index in [1.54, 1.807) is 6.92 Å². The van der Waals surface area contributed by atoms with Gasteiger partial charge in [-0.25, -0.2) is 4.79 Å². The van der Waals surface area contributed by atoms with Gasteiger partial charge in [0, 0.05) is 25.7 Å². The molecule has 1 heterocycles. The molecule has 9 heteroatoms. The minimum atomic E-state index is -4.77. The summed E-state index contributed by atoms with van der Waals surface area (Å²) < 4.78 is 42.3. The van der Waals surface area contributed by atoms with Gasteiger partial charge in [0.05, 0.1) is 6.61 Å². The molecule has 0 aliphatic carbocycles. The molecule has 0 aromatic carbocycles. The molecule has 1 rings (SSSR count). The summed E-state index contributed by atoms with van der Waals surface area (Å²) in [5, 5.41) is 11.2. The van der Waals surface area contributed by atoms with E-state index in [-0.39, 0.29) is 12.6 Å². The summed E-state index contributed by atoms with van der Waals surface area (Å²) in [6, 6.07) is -0.236. The number of likely N-dealkylation sites (tertiary alicyclic amines) is 1. The summed E-state index contributed by atoms with van der Waals surface area (Å²) >= 11 is 0. The Hall–Kier alpha value is -1.51. The number of rotatable bonds is 5. The van der Waals surface area contributed by atoms with Crippen LogP contribution in [0.4, 0.5) is 18.0 Å². The smallest absolute Gasteiger partial charge is 0.409 e. The van der Waals surface area contributed by atoms with Crippen LogP contribution in [0.1, 0.15) is 19.8 Å². The van der Waals surface area contributed by atoms with Crippen molar-refractivity contribution in [3.05, 3.63) is 0 Å². The van der Waals surface area contributed by atoms with E-state index in [1.165, 1.54) is 4.90 Å². The summed E-state index contributed by atoms with van der Waals surface area (Å²) in [6.45, 7) is 2.04. The number of ether oxygens (including phenoxy) is 1. The number of nitrogens with zero attached hydrogens (tertiary/aromatic N) is 1. The number of nitrogens with one attached hydrogen (secondary N) is 1. The van der Waals surface area contributed by atoms with Gasteiger partial charge in [0.2, 0.25) is 0 Å². The van der Waals surface area contributed by atoms with Gasteiger partial charge >= 0.3 is 18.2 Å². The van der Waals surface area contributed by atoms with Gasteiger partial charge < -0.3 is 20.1 Å². The predicted octanol–water partition coefficient (Wildman–Crippen LogP) is 1.46. The van der Waals surface area contributed by atoms with Crippen LogP contribution < -0.4 is 5.32 Å². The fourth-order valence-corrected chi connectivity index (χ4v) is 2.11. The minimum absolute atomic E-state index is 0.236. The van der Waals surface area contributed by atoms with E-state index >= 15 is 0 Å². The number of halogens is 3. The van der Waals surface area contributed by atoms with Gasteiger partial charge in [0.1, 0.15) is 0 Å². The van der Waals surface area contributed by atoms with E-state index in [4.69, 9.17) is 9.84 Å². The Morgan fingerprint density at radius 3 is 2.38 bits per heavy atom. The first-order chi connectivity index (χ1) is 9.75. The van der Waals surface area contributed by atoms with Crippen LogP contribution in [-0.4, -0.2) is 60.5 Å². The quantitative estimate of drug-likeness (QED) is 0.803. The average molecular weight is 312 g/mol. The number of carbonyl (C=O) groups is 2. The Bertz CT molecular complexity index is 368. The SMILES string of the molecule is CCOC(=O)N1CCC(NCC(C(=O)O)C(F)(F)F)CC1. The van der Waals surface area contributed by atoms with Crippen LogP contribution in [0.15, 0.2) is 0 Å². The summed E-state index contributed by atoms with van der Waals surface area (Å²) in [5.74, 6) is -4.31. The molecule has 0 radical (unpaired) electrons. The molecule has 1 saturated heterocycles. The zero-order valence-electron chi connectivity index (χ0n) is 11.7. The molecule has 1 fully saturated rings. The number of carbonyl (C=O) groups excluding carboxylic acids is 1. The highest BCUT2D eigenvalue weighted by molar-refractivity contribution is 5.71. The molecule has 21 heavy (non-hydrogen) atoms. The van der Waals surface area contributed by atoms with Crippen LogP contribution in [0.3, 0.4) is 0 Å². The molecule has 2 N–H and O–H groups in total. The van der Waals surface area contributed by atoms with Crippen LogP contribution in [0.5, 0.6) is 0 Å². The van der Waals surface area contributed by atoms with Crippen molar-refractivity contribution in [2.24, 2.45) is 5.92 Å². The van der Waals surface area contributed by atoms with E-state index in [1.807, 2.05) is 0 Å². The van der Waals surface area contributed by atoms with Crippen LogP contribution >= 0.6 is 0 Å². The second-order valence-corrected chi connectivity index (χ2v) is 4.80. The Labute approximate surface area is 120 Å². The van der Waals surface area contributed by atoms with Crippen molar-refractivity contribution in [2.45, 2.75) is 32.0 Å². The second kappa shape index (κ2) is 7.48. The van der Waals surface area contributed by atoms with Crippen molar-refractivity contribution in [3.63, 3.8) is 0 Å². The molecule has 6 nitrogen and oxygen atoms in total. The molecule has 1 atom stereocenters. The van der Waals surface area contributed by atoms with E-state index in [0.29, 0.717) is 25.9 Å². The molecule has 0 saturated carbocycles. The Kier molecular flexibility index (Phi) is 6.25. The third-order valence-electron chi connectivity index (χ3n) is 3.32. The fraction of sp³-hybridized carbons (Fsp3) is 0.833. The van der Waals surface area contributed by atoms with Crippen molar-refractivity contribution < 1.29 is 32.6 Å². The van der Waals surface area contributed by atoms with E-state index in [0.717, 1.165) is 0 Å². The Morgan fingerprint density at radius 2 is 1.95 bits per heavy atom. The first-order valence-electron chi connectivity index (χ1n) is 6.70. The van der Waals surface area contributed by atoms with Gasteiger partial charge in [-0.05, 0) is 19.8 Å². The highest BCUT2D eigenvalue weighted by atomic mass is 19.4. The lowest BCUT2D eigenvalue weighted by Gasteiger charge is -2.32. The molecular weight excluding hydrogens is 293 g/mol. The molecule has 122 valence electrons. The number of carboxylic acid groups (broad SMARTS) is 1. The van der Waals surface area contributed by atoms with Crippen molar-refractivity contribution >= 4 is 12.1 Å². The van der Waals surface area contributed by atoms with Gasteiger partial charge in [-0.3, -0.25) is 4.79 Å². The van der Waals surface area contributed by atoms with Crippen molar-refractivity contribution in [3.8, 4) is 0 Å². The molecule has 0 aromatic rings. The lowest BCUT2D eigenvalue weighted by Crippen LogP contribution is -2.48. The molecule has 1 unspecified atom stereocenters. The fourth-order valence-electron chi connectivity index (χ4n) is 2.11. The van der Waals surface area contributed by atoms with Crippen LogP contribution in [0, 0.1) is 5.92 Å². The van der Waals surface area contributed by atoms with Crippen LogP contribution in [-0.2, 0) is 9.53 Å². The number of piperidine rings is 1. The summed E-state index contributed by atoms with van der Waals surface area (Å²) in [7, 11) is 0. The maximum atomic E-state index is 12.5. The van der Waals surface area contributed by atoms with E-state index in [2.05, 4.69) is 5.32 Å². The first-order valence-corrected chi connectivity index (χ1v) is 6.70. The third kappa shape index (κ3) is 5.41. The van der Waals surface area contributed by atoms with Crippen molar-refractivity contribution in [1.29, 1.82) is 0 Å². The zero-order valence-corrected chi connectivity index (χ0v) is 11.7. The lowest BCUT2D eigenvalue weighted by molar-refractivity contribution is -0.192. The number of hydrogen-bond donors (Lipinski definition) is 2. The molecule has 1 aliphatic rings. The standard InChI is InChI=1S/C12H19F3N2O4/c1-2-21-11(20)17-5-3-8(4-6-17)16-7-9(10(18)19)12(13,14)15/h8-9,16H,2-7H2,1H3,(H,18,19). The summed E-state index contributed by atoms with van der Waals surface area (Å²) in [6.07, 6.45) is -4.29. The third-order valence-corrected chi connectivity index (χ3v) is 3.32. The number of aliphatic carboxylic acids is 1. The monoisotopic (exact) mass is 312 g/mol. The molecule has 0 bridgehead atoms. The van der Waals surface area contributed by atoms with Gasteiger partial charge in [0.15, 0.2) is 5.92 Å². The molecular formula is C12H19F3N2O4. The maximum Gasteiger partial charge on any atom is 0.409 e. The topological polar surface area (TPSA) is 78.9 Å². The summed E-state index contributed by atoms with van der Waals surface area (Å²) in [5.41, 5.74) is 0. The number of hydrogen-bond acceptors (Lipinski definition) is 4.